The summed E-state index contributed by atoms with van der Waals surface area (Å²) in [6, 6.07) is 28.9. The van der Waals surface area contributed by atoms with Crippen LogP contribution in [-0.2, 0) is 14.4 Å². The zero-order valence-electron chi connectivity index (χ0n) is 21.8. The minimum absolute atomic E-state index is 0.351. The highest BCUT2D eigenvalue weighted by atomic mass is 16.5. The Kier molecular flexibility index (Phi) is 7.17. The highest BCUT2D eigenvalue weighted by Crippen LogP contribution is 2.50. The van der Waals surface area contributed by atoms with Crippen molar-refractivity contribution in [2.45, 2.75) is 24.9 Å². The van der Waals surface area contributed by atoms with Crippen LogP contribution in [0.1, 0.15) is 24.8 Å². The molecule has 39 heavy (non-hydrogen) atoms. The average molecular weight is 523 g/mol. The number of carbonyl (C=O) groups excluding carboxylic acids is 3. The fraction of sp³-hybridized carbons (Fsp3) is 0.219. The monoisotopic (exact) mass is 522 g/mol. The molecule has 1 aliphatic carbocycles. The lowest BCUT2D eigenvalue weighted by atomic mass is 9.60. The number of hydrogen-bond acceptors (Lipinski definition) is 5. The Balaban J connectivity index is 1.70. The number of anilines is 2. The zero-order valence-corrected chi connectivity index (χ0v) is 21.8. The van der Waals surface area contributed by atoms with Gasteiger partial charge in [0.1, 0.15) is 17.5 Å². The standard InChI is InChI=1S/C32H30N2O5/c1-32(38)19-24(35)27(30(36)33-21-12-5-3-6-13-21)28(29(32)31(37)34-22-14-7-4-8-15-22)26-23-16-10-9-11-20(23)17-18-25(26)39-2/h3-18,27-29,38H,19H2,1-2H3,(H,33,36)(H,34,37). The van der Waals surface area contributed by atoms with Crippen LogP contribution in [0.2, 0.25) is 0 Å². The van der Waals surface area contributed by atoms with Gasteiger partial charge in [-0.05, 0) is 48.0 Å². The number of para-hydroxylation sites is 2. The predicted molar refractivity (Wildman–Crippen MR) is 151 cm³/mol. The number of nitrogens with one attached hydrogen (secondary N) is 2. The van der Waals surface area contributed by atoms with Crippen LogP contribution < -0.4 is 15.4 Å². The molecule has 0 saturated heterocycles. The molecule has 0 heterocycles. The van der Waals surface area contributed by atoms with Crippen LogP contribution in [0, 0.1) is 11.8 Å². The second-order valence-corrected chi connectivity index (χ2v) is 10.1. The maximum Gasteiger partial charge on any atom is 0.235 e. The molecular weight excluding hydrogens is 492 g/mol. The maximum atomic E-state index is 14.0. The molecule has 0 radical (unpaired) electrons. The van der Waals surface area contributed by atoms with E-state index in [1.54, 1.807) is 54.6 Å². The van der Waals surface area contributed by atoms with Gasteiger partial charge in [0, 0.05) is 29.3 Å². The number of methoxy groups -OCH3 is 1. The van der Waals surface area contributed by atoms with E-state index < -0.39 is 41.0 Å². The summed E-state index contributed by atoms with van der Waals surface area (Å²) in [5.74, 6) is -4.47. The van der Waals surface area contributed by atoms with Gasteiger partial charge in [-0.15, -0.1) is 0 Å². The summed E-state index contributed by atoms with van der Waals surface area (Å²) in [5.41, 5.74) is -0.123. The van der Waals surface area contributed by atoms with Crippen molar-refractivity contribution < 1.29 is 24.2 Å². The van der Waals surface area contributed by atoms with E-state index in [0.29, 0.717) is 22.7 Å². The summed E-state index contributed by atoms with van der Waals surface area (Å²) < 4.78 is 5.75. The Hall–Kier alpha value is -4.49. The van der Waals surface area contributed by atoms with Crippen molar-refractivity contribution in [3.63, 3.8) is 0 Å². The second kappa shape index (κ2) is 10.7. The molecule has 198 valence electrons. The molecule has 4 atom stereocenters. The molecule has 5 rings (SSSR count). The van der Waals surface area contributed by atoms with Crippen molar-refractivity contribution in [3.8, 4) is 5.75 Å². The van der Waals surface area contributed by atoms with Crippen molar-refractivity contribution in [3.05, 3.63) is 103 Å². The average Bonchev–Trinajstić information content (AvgIpc) is 2.92. The number of ketones is 1. The maximum absolute atomic E-state index is 14.0. The summed E-state index contributed by atoms with van der Waals surface area (Å²) in [5, 5.41) is 19.0. The molecule has 4 aromatic carbocycles. The third-order valence-electron chi connectivity index (χ3n) is 7.40. The van der Waals surface area contributed by atoms with E-state index >= 15 is 0 Å². The first kappa shape index (κ1) is 26.1. The van der Waals surface area contributed by atoms with Gasteiger partial charge in [-0.25, -0.2) is 0 Å². The Bertz CT molecular complexity index is 1520. The van der Waals surface area contributed by atoms with Crippen molar-refractivity contribution in [2.75, 3.05) is 17.7 Å². The number of hydrogen-bond donors (Lipinski definition) is 3. The Labute approximate surface area is 226 Å². The number of fused-ring (bicyclic) bond motifs is 1. The molecule has 7 heteroatoms. The zero-order chi connectivity index (χ0) is 27.6. The first-order chi connectivity index (χ1) is 18.8. The SMILES string of the molecule is COc1ccc2ccccc2c1C1C(C(=O)Nc2ccccc2)C(=O)CC(C)(O)C1C(=O)Nc1ccccc1. The molecule has 1 fully saturated rings. The summed E-state index contributed by atoms with van der Waals surface area (Å²) in [6.45, 7) is 1.48. The number of Topliss-reactive ketones (excluding diaryl/α,β-unsaturated/α-hetero) is 1. The van der Waals surface area contributed by atoms with Crippen LogP contribution in [0.15, 0.2) is 97.1 Å². The molecule has 0 aliphatic heterocycles. The number of aliphatic hydroxyl groups is 1. The van der Waals surface area contributed by atoms with Gasteiger partial charge < -0.3 is 20.5 Å². The molecule has 0 spiro atoms. The van der Waals surface area contributed by atoms with Gasteiger partial charge in [-0.1, -0.05) is 66.7 Å². The molecule has 1 aliphatic rings. The number of carbonyl (C=O) groups is 3. The van der Waals surface area contributed by atoms with Gasteiger partial charge in [-0.3, -0.25) is 14.4 Å². The molecule has 4 unspecified atom stereocenters. The molecule has 1 saturated carbocycles. The highest BCUT2D eigenvalue weighted by molar-refractivity contribution is 6.11. The Morgan fingerprint density at radius 2 is 1.38 bits per heavy atom. The van der Waals surface area contributed by atoms with Crippen LogP contribution in [0.25, 0.3) is 10.8 Å². The van der Waals surface area contributed by atoms with Gasteiger partial charge in [-0.2, -0.15) is 0 Å². The van der Waals surface area contributed by atoms with E-state index in [1.165, 1.54) is 14.0 Å². The van der Waals surface area contributed by atoms with Crippen LogP contribution in [-0.4, -0.2) is 35.4 Å². The summed E-state index contributed by atoms with van der Waals surface area (Å²) in [4.78, 5) is 41.5. The minimum Gasteiger partial charge on any atom is -0.496 e. The van der Waals surface area contributed by atoms with Crippen LogP contribution in [0.4, 0.5) is 11.4 Å². The van der Waals surface area contributed by atoms with Gasteiger partial charge in [0.25, 0.3) is 0 Å². The molecule has 0 aromatic heterocycles. The van der Waals surface area contributed by atoms with E-state index in [1.807, 2.05) is 42.5 Å². The molecule has 2 amide bonds. The van der Waals surface area contributed by atoms with Crippen molar-refractivity contribution in [1.82, 2.24) is 0 Å². The third kappa shape index (κ3) is 5.13. The van der Waals surface area contributed by atoms with Gasteiger partial charge in [0.15, 0.2) is 0 Å². The molecule has 0 bridgehead atoms. The predicted octanol–water partition coefficient (Wildman–Crippen LogP) is 5.17. The fourth-order valence-electron chi connectivity index (χ4n) is 5.72. The van der Waals surface area contributed by atoms with Crippen molar-refractivity contribution in [2.24, 2.45) is 11.8 Å². The number of rotatable bonds is 6. The highest BCUT2D eigenvalue weighted by Gasteiger charge is 2.56. The van der Waals surface area contributed by atoms with Crippen molar-refractivity contribution in [1.29, 1.82) is 0 Å². The summed E-state index contributed by atoms with van der Waals surface area (Å²) in [6.07, 6.45) is -0.351. The Morgan fingerprint density at radius 1 is 0.821 bits per heavy atom. The normalized spacial score (nSPS) is 22.7. The molecule has 3 N–H and O–H groups in total. The lowest BCUT2D eigenvalue weighted by Gasteiger charge is -2.45. The smallest absolute Gasteiger partial charge is 0.235 e. The van der Waals surface area contributed by atoms with E-state index in [0.717, 1.165) is 10.8 Å². The van der Waals surface area contributed by atoms with Crippen molar-refractivity contribution >= 4 is 39.7 Å². The number of ether oxygens (including phenoxy) is 1. The largest absolute Gasteiger partial charge is 0.496 e. The van der Waals surface area contributed by atoms with E-state index in [2.05, 4.69) is 10.6 Å². The van der Waals surface area contributed by atoms with E-state index in [-0.39, 0.29) is 6.42 Å². The van der Waals surface area contributed by atoms with Crippen LogP contribution in [0.3, 0.4) is 0 Å². The fourth-order valence-corrected chi connectivity index (χ4v) is 5.72. The third-order valence-corrected chi connectivity index (χ3v) is 7.40. The van der Waals surface area contributed by atoms with Gasteiger partial charge >= 0.3 is 0 Å². The quantitative estimate of drug-likeness (QED) is 0.303. The molecule has 4 aromatic rings. The first-order valence-corrected chi connectivity index (χ1v) is 12.8. The van der Waals surface area contributed by atoms with Gasteiger partial charge in [0.05, 0.1) is 18.6 Å². The Morgan fingerprint density at radius 3 is 2.00 bits per heavy atom. The molecular formula is C32H30N2O5. The topological polar surface area (TPSA) is 105 Å². The first-order valence-electron chi connectivity index (χ1n) is 12.8. The summed E-state index contributed by atoms with van der Waals surface area (Å²) in [7, 11) is 1.51. The second-order valence-electron chi connectivity index (χ2n) is 10.1. The molecule has 7 nitrogen and oxygen atoms in total. The van der Waals surface area contributed by atoms with Gasteiger partial charge in [0.2, 0.25) is 11.8 Å². The minimum atomic E-state index is -1.73. The van der Waals surface area contributed by atoms with Crippen LogP contribution in [0.5, 0.6) is 5.75 Å². The van der Waals surface area contributed by atoms with E-state index in [4.69, 9.17) is 4.74 Å². The lowest BCUT2D eigenvalue weighted by Crippen LogP contribution is -2.56. The summed E-state index contributed by atoms with van der Waals surface area (Å²) >= 11 is 0. The van der Waals surface area contributed by atoms with Crippen LogP contribution >= 0.6 is 0 Å². The number of amides is 2. The lowest BCUT2D eigenvalue weighted by molar-refractivity contribution is -0.150. The van der Waals surface area contributed by atoms with E-state index in [9.17, 15) is 19.5 Å². The number of benzene rings is 4.